The molecule has 0 N–H and O–H groups in total. The first-order valence-corrected chi connectivity index (χ1v) is 6.74. The lowest BCUT2D eigenvalue weighted by atomic mass is 9.98. The first-order chi connectivity index (χ1) is 9.69. The highest BCUT2D eigenvalue weighted by molar-refractivity contribution is 6.30. The lowest BCUT2D eigenvalue weighted by Crippen LogP contribution is -2.02. The van der Waals surface area contributed by atoms with Gasteiger partial charge in [0.1, 0.15) is 0 Å². The smallest absolute Gasteiger partial charge is 0.337 e. The van der Waals surface area contributed by atoms with Gasteiger partial charge in [0.15, 0.2) is 0 Å². The first kappa shape index (κ1) is 12.9. The van der Waals surface area contributed by atoms with Gasteiger partial charge in [0, 0.05) is 5.02 Å². The Balaban J connectivity index is 2.00. The van der Waals surface area contributed by atoms with Crippen LogP contribution in [-0.4, -0.2) is 13.1 Å². The normalized spacial score (nSPS) is 12.8. The molecule has 0 aromatic heterocycles. The van der Waals surface area contributed by atoms with Crippen LogP contribution in [0.4, 0.5) is 0 Å². The summed E-state index contributed by atoms with van der Waals surface area (Å²) in [7, 11) is 1.39. The van der Waals surface area contributed by atoms with Gasteiger partial charge in [-0.1, -0.05) is 35.9 Å². The van der Waals surface area contributed by atoms with Gasteiger partial charge in [-0.05, 0) is 52.9 Å². The summed E-state index contributed by atoms with van der Waals surface area (Å²) in [6.07, 6.45) is 2.99. The molecule has 0 fully saturated rings. The molecule has 3 rings (SSSR count). The average Bonchev–Trinajstić information content (AvgIpc) is 2.89. The molecule has 0 aliphatic heterocycles. The van der Waals surface area contributed by atoms with Crippen LogP contribution in [0.5, 0.6) is 0 Å². The van der Waals surface area contributed by atoms with E-state index in [0.29, 0.717) is 5.56 Å². The lowest BCUT2D eigenvalue weighted by Gasteiger charge is -2.08. The standard InChI is InChI=1S/C17H13ClO2/c1-20-17(19)13-6-8-16-12(9-13)5-7-15(16)11-3-2-4-14(18)10-11/h2-4,6-10H,5H2,1H3. The molecule has 0 radical (unpaired) electrons. The molecule has 0 saturated heterocycles. The Hall–Kier alpha value is -2.06. The van der Waals surface area contributed by atoms with Gasteiger partial charge in [0.25, 0.3) is 0 Å². The second-order valence-corrected chi connectivity index (χ2v) is 5.13. The highest BCUT2D eigenvalue weighted by Crippen LogP contribution is 2.34. The molecule has 20 heavy (non-hydrogen) atoms. The Kier molecular flexibility index (Phi) is 3.33. The van der Waals surface area contributed by atoms with Crippen molar-refractivity contribution in [3.63, 3.8) is 0 Å². The highest BCUT2D eigenvalue weighted by atomic mass is 35.5. The van der Waals surface area contributed by atoms with E-state index in [-0.39, 0.29) is 5.97 Å². The summed E-state index contributed by atoms with van der Waals surface area (Å²) in [5.74, 6) is -0.302. The Morgan fingerprint density at radius 3 is 2.80 bits per heavy atom. The fourth-order valence-corrected chi connectivity index (χ4v) is 2.71. The van der Waals surface area contributed by atoms with Gasteiger partial charge in [0.2, 0.25) is 0 Å². The average molecular weight is 285 g/mol. The van der Waals surface area contributed by atoms with Gasteiger partial charge in [0.05, 0.1) is 12.7 Å². The fraction of sp³-hybridized carbons (Fsp3) is 0.118. The van der Waals surface area contributed by atoms with Crippen LogP contribution in [-0.2, 0) is 11.2 Å². The molecule has 0 amide bonds. The van der Waals surface area contributed by atoms with Crippen LogP contribution in [0.2, 0.25) is 5.02 Å². The van der Waals surface area contributed by atoms with Gasteiger partial charge >= 0.3 is 5.97 Å². The van der Waals surface area contributed by atoms with E-state index >= 15 is 0 Å². The SMILES string of the molecule is COC(=O)c1ccc2c(c1)CC=C2c1cccc(Cl)c1. The molecule has 1 aliphatic carbocycles. The van der Waals surface area contributed by atoms with Crippen molar-refractivity contribution >= 4 is 23.1 Å². The fourth-order valence-electron chi connectivity index (χ4n) is 2.52. The van der Waals surface area contributed by atoms with Crippen molar-refractivity contribution in [2.75, 3.05) is 7.11 Å². The molecule has 2 aromatic rings. The van der Waals surface area contributed by atoms with E-state index in [2.05, 4.69) is 6.08 Å². The number of ether oxygens (including phenoxy) is 1. The summed E-state index contributed by atoms with van der Waals surface area (Å²) < 4.78 is 4.75. The number of rotatable bonds is 2. The van der Waals surface area contributed by atoms with Gasteiger partial charge in [-0.25, -0.2) is 4.79 Å². The summed E-state index contributed by atoms with van der Waals surface area (Å²) in [6.45, 7) is 0. The third-order valence-corrected chi connectivity index (χ3v) is 3.71. The second-order valence-electron chi connectivity index (χ2n) is 4.70. The molecular weight excluding hydrogens is 272 g/mol. The third kappa shape index (κ3) is 2.23. The molecule has 0 heterocycles. The molecular formula is C17H13ClO2. The van der Waals surface area contributed by atoms with E-state index in [4.69, 9.17) is 16.3 Å². The predicted molar refractivity (Wildman–Crippen MR) is 80.0 cm³/mol. The van der Waals surface area contributed by atoms with E-state index in [1.807, 2.05) is 36.4 Å². The highest BCUT2D eigenvalue weighted by Gasteiger charge is 2.18. The van der Waals surface area contributed by atoms with Gasteiger partial charge in [-0.15, -0.1) is 0 Å². The third-order valence-electron chi connectivity index (χ3n) is 3.48. The van der Waals surface area contributed by atoms with Crippen LogP contribution in [0, 0.1) is 0 Å². The van der Waals surface area contributed by atoms with Crippen molar-refractivity contribution in [1.82, 2.24) is 0 Å². The van der Waals surface area contributed by atoms with Crippen LogP contribution < -0.4 is 0 Å². The van der Waals surface area contributed by atoms with Crippen molar-refractivity contribution < 1.29 is 9.53 Å². The van der Waals surface area contributed by atoms with E-state index in [9.17, 15) is 4.79 Å². The number of carbonyl (C=O) groups excluding carboxylic acids is 1. The number of hydrogen-bond donors (Lipinski definition) is 0. The Morgan fingerprint density at radius 2 is 2.05 bits per heavy atom. The number of benzene rings is 2. The maximum Gasteiger partial charge on any atom is 0.337 e. The minimum atomic E-state index is -0.302. The van der Waals surface area contributed by atoms with E-state index in [1.165, 1.54) is 12.7 Å². The molecule has 0 atom stereocenters. The number of carbonyl (C=O) groups is 1. The Labute approximate surface area is 122 Å². The van der Waals surface area contributed by atoms with Crippen molar-refractivity contribution in [2.24, 2.45) is 0 Å². The van der Waals surface area contributed by atoms with Crippen LogP contribution >= 0.6 is 11.6 Å². The summed E-state index contributed by atoms with van der Waals surface area (Å²) in [5.41, 5.74) is 5.15. The zero-order valence-electron chi connectivity index (χ0n) is 11.0. The number of methoxy groups -OCH3 is 1. The van der Waals surface area contributed by atoms with E-state index in [0.717, 1.165) is 28.1 Å². The van der Waals surface area contributed by atoms with Crippen molar-refractivity contribution in [3.05, 3.63) is 75.8 Å². The van der Waals surface area contributed by atoms with Gasteiger partial charge < -0.3 is 4.74 Å². The van der Waals surface area contributed by atoms with Crippen LogP contribution in [0.3, 0.4) is 0 Å². The Morgan fingerprint density at radius 1 is 1.20 bits per heavy atom. The number of hydrogen-bond acceptors (Lipinski definition) is 2. The molecule has 0 spiro atoms. The summed E-state index contributed by atoms with van der Waals surface area (Å²) in [4.78, 5) is 11.6. The zero-order chi connectivity index (χ0) is 14.1. The van der Waals surface area contributed by atoms with Crippen LogP contribution in [0.15, 0.2) is 48.5 Å². The predicted octanol–water partition coefficient (Wildman–Crippen LogP) is 4.11. The summed E-state index contributed by atoms with van der Waals surface area (Å²) in [6, 6.07) is 13.5. The molecule has 2 aromatic carbocycles. The minimum Gasteiger partial charge on any atom is -0.465 e. The molecule has 0 saturated carbocycles. The van der Waals surface area contributed by atoms with E-state index < -0.39 is 0 Å². The molecule has 1 aliphatic rings. The summed E-state index contributed by atoms with van der Waals surface area (Å²) in [5, 5.41) is 0.725. The number of esters is 1. The minimum absolute atomic E-state index is 0.302. The van der Waals surface area contributed by atoms with Crippen molar-refractivity contribution in [3.8, 4) is 0 Å². The van der Waals surface area contributed by atoms with Gasteiger partial charge in [-0.2, -0.15) is 0 Å². The monoisotopic (exact) mass is 284 g/mol. The maximum absolute atomic E-state index is 11.6. The topological polar surface area (TPSA) is 26.3 Å². The molecule has 0 bridgehead atoms. The van der Waals surface area contributed by atoms with E-state index in [1.54, 1.807) is 6.07 Å². The van der Waals surface area contributed by atoms with Crippen LogP contribution in [0.25, 0.3) is 5.57 Å². The molecule has 100 valence electrons. The van der Waals surface area contributed by atoms with Crippen molar-refractivity contribution in [1.29, 1.82) is 0 Å². The quantitative estimate of drug-likeness (QED) is 0.776. The number of fused-ring (bicyclic) bond motifs is 1. The largest absolute Gasteiger partial charge is 0.465 e. The van der Waals surface area contributed by atoms with Crippen LogP contribution in [0.1, 0.15) is 27.0 Å². The maximum atomic E-state index is 11.6. The van der Waals surface area contributed by atoms with Gasteiger partial charge in [-0.3, -0.25) is 0 Å². The second kappa shape index (κ2) is 5.14. The Bertz CT molecular complexity index is 717. The molecule has 0 unspecified atom stereocenters. The van der Waals surface area contributed by atoms with Crippen molar-refractivity contribution in [2.45, 2.75) is 6.42 Å². The molecule has 3 heteroatoms. The molecule has 2 nitrogen and oxygen atoms in total. The number of halogens is 1. The first-order valence-electron chi connectivity index (χ1n) is 6.37. The number of allylic oxidation sites excluding steroid dienone is 1. The lowest BCUT2D eigenvalue weighted by molar-refractivity contribution is 0.0600. The zero-order valence-corrected chi connectivity index (χ0v) is 11.8. The summed E-state index contributed by atoms with van der Waals surface area (Å²) >= 11 is 6.05.